The number of nitrogens with one attached hydrogen (secondary N) is 1. The normalized spacial score (nSPS) is 11.9. The van der Waals surface area contributed by atoms with Crippen LogP contribution in [0.5, 0.6) is 23.0 Å². The summed E-state index contributed by atoms with van der Waals surface area (Å²) in [6.07, 6.45) is -1.16. The van der Waals surface area contributed by atoms with Crippen molar-refractivity contribution in [2.24, 2.45) is 0 Å². The molecule has 2 aromatic carbocycles. The Labute approximate surface area is 249 Å². The number of carbonyl (C=O) groups excluding carboxylic acids is 6. The zero-order valence-electron chi connectivity index (χ0n) is 25.1. The van der Waals surface area contributed by atoms with Crippen LogP contribution < -0.4 is 24.3 Å². The van der Waals surface area contributed by atoms with Crippen molar-refractivity contribution in [3.63, 3.8) is 0 Å². The Kier molecular flexibility index (Phi) is 12.4. The summed E-state index contributed by atoms with van der Waals surface area (Å²) < 4.78 is 21.1. The van der Waals surface area contributed by atoms with Gasteiger partial charge in [-0.25, -0.2) is 0 Å². The molecule has 0 saturated carbocycles. The standard InChI is InChI=1S/C30H36N2O11/c1-8-30(39)31-14-24(21-9-10-26(40-17(3)34)27(11-21)41-18(4)35)22-12-28(42-19(5)36)29(43-20(6)37)13-23(22)25(38)15-32(7)16(2)33/h9-13,24-25,38H,8,14-15H2,1-7H3,(H,31,39). The molecule has 2 aromatic rings. The summed E-state index contributed by atoms with van der Waals surface area (Å²) in [4.78, 5) is 72.9. The fourth-order valence-electron chi connectivity index (χ4n) is 4.10. The minimum atomic E-state index is -1.33. The predicted molar refractivity (Wildman–Crippen MR) is 152 cm³/mol. The third-order valence-electron chi connectivity index (χ3n) is 6.08. The molecule has 0 heterocycles. The summed E-state index contributed by atoms with van der Waals surface area (Å²) in [5.74, 6) is -4.61. The lowest BCUT2D eigenvalue weighted by molar-refractivity contribution is -0.134. The molecule has 2 atom stereocenters. The molecular weight excluding hydrogens is 564 g/mol. The van der Waals surface area contributed by atoms with Crippen molar-refractivity contribution in [2.45, 2.75) is 60.0 Å². The van der Waals surface area contributed by atoms with E-state index in [4.69, 9.17) is 18.9 Å². The molecule has 0 aliphatic heterocycles. The SMILES string of the molecule is CCC(=O)NCC(c1ccc(OC(C)=O)c(OC(C)=O)c1)c1cc(OC(C)=O)c(OC(C)=O)cc1C(O)CN(C)C(C)=O. The van der Waals surface area contributed by atoms with Crippen LogP contribution in [0.25, 0.3) is 0 Å². The largest absolute Gasteiger partial charge is 0.423 e. The summed E-state index contributed by atoms with van der Waals surface area (Å²) in [6, 6.07) is 7.12. The first-order valence-electron chi connectivity index (χ1n) is 13.3. The first-order valence-corrected chi connectivity index (χ1v) is 13.3. The summed E-state index contributed by atoms with van der Waals surface area (Å²) in [5.41, 5.74) is 0.946. The summed E-state index contributed by atoms with van der Waals surface area (Å²) >= 11 is 0. The van der Waals surface area contributed by atoms with Crippen molar-refractivity contribution < 1.29 is 52.8 Å². The molecule has 0 aliphatic carbocycles. The van der Waals surface area contributed by atoms with E-state index in [-0.39, 0.29) is 59.9 Å². The van der Waals surface area contributed by atoms with Crippen molar-refractivity contribution >= 4 is 35.7 Å². The van der Waals surface area contributed by atoms with Crippen molar-refractivity contribution in [3.05, 3.63) is 47.0 Å². The number of aliphatic hydroxyl groups is 1. The van der Waals surface area contributed by atoms with E-state index in [1.165, 1.54) is 57.0 Å². The Bertz CT molecular complexity index is 1400. The Morgan fingerprint density at radius 2 is 1.21 bits per heavy atom. The molecule has 0 spiro atoms. The number of carbonyl (C=O) groups is 6. The van der Waals surface area contributed by atoms with Gasteiger partial charge in [-0.3, -0.25) is 28.8 Å². The van der Waals surface area contributed by atoms with Gasteiger partial charge >= 0.3 is 23.9 Å². The third-order valence-corrected chi connectivity index (χ3v) is 6.08. The van der Waals surface area contributed by atoms with E-state index in [2.05, 4.69) is 5.32 Å². The van der Waals surface area contributed by atoms with E-state index >= 15 is 0 Å². The van der Waals surface area contributed by atoms with Gasteiger partial charge in [0.25, 0.3) is 0 Å². The second-order valence-electron chi connectivity index (χ2n) is 9.63. The van der Waals surface area contributed by atoms with Crippen LogP contribution in [0.4, 0.5) is 0 Å². The quantitative estimate of drug-likeness (QED) is 0.271. The number of amides is 2. The molecule has 2 amide bonds. The fourth-order valence-corrected chi connectivity index (χ4v) is 4.10. The van der Waals surface area contributed by atoms with E-state index in [1.54, 1.807) is 13.0 Å². The topological polar surface area (TPSA) is 175 Å². The molecule has 232 valence electrons. The lowest BCUT2D eigenvalue weighted by Gasteiger charge is -2.27. The maximum Gasteiger partial charge on any atom is 0.308 e. The predicted octanol–water partition coefficient (Wildman–Crippen LogP) is 2.56. The number of aliphatic hydroxyl groups excluding tert-OH is 1. The monoisotopic (exact) mass is 600 g/mol. The van der Waals surface area contributed by atoms with Crippen LogP contribution in [0.15, 0.2) is 30.3 Å². The molecule has 43 heavy (non-hydrogen) atoms. The second kappa shape index (κ2) is 15.4. The number of benzene rings is 2. The van der Waals surface area contributed by atoms with Crippen molar-refractivity contribution in [2.75, 3.05) is 20.1 Å². The van der Waals surface area contributed by atoms with Gasteiger partial charge in [-0.15, -0.1) is 0 Å². The molecule has 13 heteroatoms. The highest BCUT2D eigenvalue weighted by Gasteiger charge is 2.28. The number of hydrogen-bond acceptors (Lipinski definition) is 11. The van der Waals surface area contributed by atoms with Gasteiger partial charge in [-0.05, 0) is 41.0 Å². The van der Waals surface area contributed by atoms with Gasteiger partial charge in [0, 0.05) is 60.5 Å². The molecule has 0 saturated heterocycles. The van der Waals surface area contributed by atoms with Gasteiger partial charge in [0.1, 0.15) is 0 Å². The zero-order chi connectivity index (χ0) is 32.4. The molecule has 0 fully saturated rings. The molecule has 13 nitrogen and oxygen atoms in total. The molecule has 0 aromatic heterocycles. The molecule has 2 unspecified atom stereocenters. The van der Waals surface area contributed by atoms with Gasteiger partial charge in [0.15, 0.2) is 23.0 Å². The maximum atomic E-state index is 12.3. The minimum absolute atomic E-state index is 0.0306. The molecule has 0 bridgehead atoms. The average Bonchev–Trinajstić information content (AvgIpc) is 2.89. The fraction of sp³-hybridized carbons (Fsp3) is 0.400. The average molecular weight is 601 g/mol. The van der Waals surface area contributed by atoms with Crippen LogP contribution in [-0.2, 0) is 28.8 Å². The highest BCUT2D eigenvalue weighted by molar-refractivity contribution is 5.77. The van der Waals surface area contributed by atoms with Gasteiger partial charge in [0.05, 0.1) is 12.6 Å². The van der Waals surface area contributed by atoms with Crippen LogP contribution in [0.1, 0.15) is 76.7 Å². The summed E-state index contributed by atoms with van der Waals surface area (Å²) in [7, 11) is 1.49. The molecule has 0 radical (unpaired) electrons. The lowest BCUT2D eigenvalue weighted by atomic mass is 9.85. The second-order valence-corrected chi connectivity index (χ2v) is 9.63. The molecule has 2 N–H and O–H groups in total. The molecular formula is C30H36N2O11. The molecule has 2 rings (SSSR count). The van der Waals surface area contributed by atoms with E-state index in [9.17, 15) is 33.9 Å². The van der Waals surface area contributed by atoms with Gasteiger partial charge in [-0.1, -0.05) is 13.0 Å². The highest BCUT2D eigenvalue weighted by atomic mass is 16.6. The first kappa shape index (κ1) is 34.4. The number of esters is 4. The van der Waals surface area contributed by atoms with Crippen LogP contribution in [0.3, 0.4) is 0 Å². The van der Waals surface area contributed by atoms with Crippen molar-refractivity contribution in [1.29, 1.82) is 0 Å². The van der Waals surface area contributed by atoms with Crippen molar-refractivity contribution in [3.8, 4) is 23.0 Å². The number of hydrogen-bond donors (Lipinski definition) is 2. The smallest absolute Gasteiger partial charge is 0.308 e. The van der Waals surface area contributed by atoms with Gasteiger partial charge in [-0.2, -0.15) is 0 Å². The number of rotatable bonds is 12. The number of nitrogens with zero attached hydrogens (tertiary/aromatic N) is 1. The highest BCUT2D eigenvalue weighted by Crippen LogP contribution is 2.41. The van der Waals surface area contributed by atoms with Crippen LogP contribution in [-0.4, -0.2) is 65.8 Å². The Morgan fingerprint density at radius 1 is 0.744 bits per heavy atom. The van der Waals surface area contributed by atoms with Crippen molar-refractivity contribution in [1.82, 2.24) is 10.2 Å². The van der Waals surface area contributed by atoms with Crippen LogP contribution in [0, 0.1) is 0 Å². The summed E-state index contributed by atoms with van der Waals surface area (Å²) in [5, 5.41) is 14.1. The third kappa shape index (κ3) is 10.2. The minimum Gasteiger partial charge on any atom is -0.423 e. The maximum absolute atomic E-state index is 12.3. The summed E-state index contributed by atoms with van der Waals surface area (Å²) in [6.45, 7) is 7.43. The van der Waals surface area contributed by atoms with Crippen LogP contribution >= 0.6 is 0 Å². The lowest BCUT2D eigenvalue weighted by Crippen LogP contribution is -2.31. The van der Waals surface area contributed by atoms with E-state index in [0.717, 1.165) is 13.8 Å². The Hall–Kier alpha value is -4.78. The van der Waals surface area contributed by atoms with Crippen LogP contribution in [0.2, 0.25) is 0 Å². The van der Waals surface area contributed by atoms with E-state index in [1.807, 2.05) is 0 Å². The van der Waals surface area contributed by atoms with E-state index in [0.29, 0.717) is 11.1 Å². The number of likely N-dealkylation sites (N-methyl/N-ethyl adjacent to an activating group) is 1. The van der Waals surface area contributed by atoms with Gasteiger partial charge in [0.2, 0.25) is 11.8 Å². The zero-order valence-corrected chi connectivity index (χ0v) is 25.1. The first-order chi connectivity index (χ1) is 20.1. The molecule has 0 aliphatic rings. The van der Waals surface area contributed by atoms with Gasteiger partial charge < -0.3 is 34.3 Å². The van der Waals surface area contributed by atoms with E-state index < -0.39 is 35.9 Å². The Morgan fingerprint density at radius 3 is 1.67 bits per heavy atom. The Balaban J connectivity index is 2.91. The number of ether oxygens (including phenoxy) is 4.